The summed E-state index contributed by atoms with van der Waals surface area (Å²) in [5.74, 6) is 0. The normalized spacial score (nSPS) is 27.1. The van der Waals surface area contributed by atoms with E-state index in [4.69, 9.17) is 4.74 Å². The van der Waals surface area contributed by atoms with Crippen LogP contribution >= 0.6 is 0 Å². The Kier molecular flexibility index (Phi) is 3.36. The first-order chi connectivity index (χ1) is 6.03. The number of rotatable bonds is 2. The highest BCUT2D eigenvalue weighted by molar-refractivity contribution is 5.11. The molecule has 1 rings (SSSR count). The number of alkyl halides is 3. The minimum absolute atomic E-state index is 0.299. The summed E-state index contributed by atoms with van der Waals surface area (Å²) in [4.78, 5) is 0. The van der Waals surface area contributed by atoms with Gasteiger partial charge < -0.3 is 4.74 Å². The Bertz CT molecular complexity index is 196. The van der Waals surface area contributed by atoms with Gasteiger partial charge in [-0.1, -0.05) is 6.08 Å². The van der Waals surface area contributed by atoms with Crippen molar-refractivity contribution in [3.63, 3.8) is 0 Å². The van der Waals surface area contributed by atoms with E-state index in [1.807, 2.05) is 13.0 Å². The van der Waals surface area contributed by atoms with E-state index in [1.165, 1.54) is 0 Å². The zero-order chi connectivity index (χ0) is 9.90. The molecule has 0 radical (unpaired) electrons. The molecule has 0 N–H and O–H groups in total. The summed E-state index contributed by atoms with van der Waals surface area (Å²) >= 11 is 0. The van der Waals surface area contributed by atoms with Crippen LogP contribution in [0.1, 0.15) is 26.2 Å². The van der Waals surface area contributed by atoms with Crippen molar-refractivity contribution in [1.29, 1.82) is 0 Å². The maximum atomic E-state index is 11.8. The van der Waals surface area contributed by atoms with E-state index in [2.05, 4.69) is 0 Å². The summed E-state index contributed by atoms with van der Waals surface area (Å²) in [7, 11) is 0. The maximum Gasteiger partial charge on any atom is 0.411 e. The second-order valence-electron chi connectivity index (χ2n) is 3.17. The average molecular weight is 194 g/mol. The molecule has 76 valence electrons. The van der Waals surface area contributed by atoms with Gasteiger partial charge in [-0.3, -0.25) is 0 Å². The Morgan fingerprint density at radius 3 is 2.77 bits per heavy atom. The SMILES string of the molecule is CC=C1CCCC1OCC(F)(F)F. The minimum Gasteiger partial charge on any atom is -0.364 e. The highest BCUT2D eigenvalue weighted by Gasteiger charge is 2.31. The number of allylic oxidation sites excluding steroid dienone is 1. The van der Waals surface area contributed by atoms with Gasteiger partial charge in [0.2, 0.25) is 0 Å². The summed E-state index contributed by atoms with van der Waals surface area (Å²) in [5.41, 5.74) is 1.00. The molecule has 1 aliphatic rings. The first-order valence-electron chi connectivity index (χ1n) is 4.36. The summed E-state index contributed by atoms with van der Waals surface area (Å²) in [5, 5.41) is 0. The van der Waals surface area contributed by atoms with Crippen molar-refractivity contribution in [2.24, 2.45) is 0 Å². The molecule has 0 aromatic heterocycles. The lowest BCUT2D eigenvalue weighted by Gasteiger charge is -2.14. The highest BCUT2D eigenvalue weighted by atomic mass is 19.4. The van der Waals surface area contributed by atoms with Gasteiger partial charge in [0, 0.05) is 0 Å². The van der Waals surface area contributed by atoms with Crippen LogP contribution in [-0.4, -0.2) is 18.9 Å². The van der Waals surface area contributed by atoms with Crippen molar-refractivity contribution in [2.75, 3.05) is 6.61 Å². The van der Waals surface area contributed by atoms with E-state index >= 15 is 0 Å². The van der Waals surface area contributed by atoms with Gasteiger partial charge in [-0.2, -0.15) is 13.2 Å². The van der Waals surface area contributed by atoms with Crippen molar-refractivity contribution in [2.45, 2.75) is 38.5 Å². The van der Waals surface area contributed by atoms with E-state index < -0.39 is 12.8 Å². The van der Waals surface area contributed by atoms with Crippen LogP contribution in [0.4, 0.5) is 13.2 Å². The molecule has 4 heteroatoms. The summed E-state index contributed by atoms with van der Waals surface area (Å²) < 4.78 is 40.2. The van der Waals surface area contributed by atoms with Gasteiger partial charge in [0.1, 0.15) is 6.61 Å². The molecule has 1 aliphatic carbocycles. The van der Waals surface area contributed by atoms with E-state index in [-0.39, 0.29) is 6.10 Å². The van der Waals surface area contributed by atoms with Crippen molar-refractivity contribution >= 4 is 0 Å². The first kappa shape index (κ1) is 10.6. The van der Waals surface area contributed by atoms with Crippen LogP contribution in [0.25, 0.3) is 0 Å². The van der Waals surface area contributed by atoms with Gasteiger partial charge in [0.15, 0.2) is 0 Å². The van der Waals surface area contributed by atoms with E-state index in [1.54, 1.807) is 0 Å². The van der Waals surface area contributed by atoms with Crippen molar-refractivity contribution in [1.82, 2.24) is 0 Å². The quantitative estimate of drug-likeness (QED) is 0.614. The number of halogens is 3. The fourth-order valence-corrected chi connectivity index (χ4v) is 1.55. The number of hydrogen-bond acceptors (Lipinski definition) is 1. The van der Waals surface area contributed by atoms with Crippen LogP contribution in [0.5, 0.6) is 0 Å². The van der Waals surface area contributed by atoms with E-state index in [0.29, 0.717) is 0 Å². The van der Waals surface area contributed by atoms with E-state index in [0.717, 1.165) is 24.8 Å². The number of ether oxygens (including phenoxy) is 1. The van der Waals surface area contributed by atoms with Crippen LogP contribution in [0.2, 0.25) is 0 Å². The topological polar surface area (TPSA) is 9.23 Å². The molecule has 13 heavy (non-hydrogen) atoms. The predicted molar refractivity (Wildman–Crippen MR) is 43.4 cm³/mol. The molecule has 0 aliphatic heterocycles. The zero-order valence-corrected chi connectivity index (χ0v) is 7.53. The molecular weight excluding hydrogens is 181 g/mol. The molecule has 0 aromatic rings. The molecule has 0 amide bonds. The molecule has 0 spiro atoms. The summed E-state index contributed by atoms with van der Waals surface area (Å²) in [6, 6.07) is 0. The fraction of sp³-hybridized carbons (Fsp3) is 0.778. The molecule has 1 nitrogen and oxygen atoms in total. The largest absolute Gasteiger partial charge is 0.411 e. The molecule has 1 fully saturated rings. The molecule has 0 saturated heterocycles. The molecule has 1 unspecified atom stereocenters. The lowest BCUT2D eigenvalue weighted by molar-refractivity contribution is -0.181. The van der Waals surface area contributed by atoms with Gasteiger partial charge in [-0.15, -0.1) is 0 Å². The second-order valence-corrected chi connectivity index (χ2v) is 3.17. The molecule has 0 bridgehead atoms. The lowest BCUT2D eigenvalue weighted by atomic mass is 10.2. The third-order valence-electron chi connectivity index (χ3n) is 2.16. The van der Waals surface area contributed by atoms with Gasteiger partial charge in [-0.05, 0) is 31.8 Å². The van der Waals surface area contributed by atoms with Gasteiger partial charge in [0.25, 0.3) is 0 Å². The maximum absolute atomic E-state index is 11.8. The smallest absolute Gasteiger partial charge is 0.364 e. The van der Waals surface area contributed by atoms with Gasteiger partial charge in [-0.25, -0.2) is 0 Å². The van der Waals surface area contributed by atoms with Crippen LogP contribution in [0.3, 0.4) is 0 Å². The Morgan fingerprint density at radius 2 is 2.23 bits per heavy atom. The van der Waals surface area contributed by atoms with Crippen LogP contribution < -0.4 is 0 Å². The van der Waals surface area contributed by atoms with Crippen LogP contribution in [0, 0.1) is 0 Å². The average Bonchev–Trinajstić information content (AvgIpc) is 2.46. The van der Waals surface area contributed by atoms with Gasteiger partial charge in [0.05, 0.1) is 6.10 Å². The zero-order valence-electron chi connectivity index (χ0n) is 7.53. The predicted octanol–water partition coefficient (Wildman–Crippen LogP) is 3.06. The molecule has 1 saturated carbocycles. The second kappa shape index (κ2) is 4.13. The summed E-state index contributed by atoms with van der Waals surface area (Å²) in [6.07, 6.45) is -0.126. The minimum atomic E-state index is -4.21. The lowest BCUT2D eigenvalue weighted by Crippen LogP contribution is -2.22. The molecule has 1 atom stereocenters. The van der Waals surface area contributed by atoms with Crippen molar-refractivity contribution in [3.05, 3.63) is 11.6 Å². The molecule has 0 aromatic carbocycles. The van der Waals surface area contributed by atoms with Gasteiger partial charge >= 0.3 is 6.18 Å². The number of hydrogen-bond donors (Lipinski definition) is 0. The fourth-order valence-electron chi connectivity index (χ4n) is 1.55. The highest BCUT2D eigenvalue weighted by Crippen LogP contribution is 2.28. The van der Waals surface area contributed by atoms with Crippen molar-refractivity contribution < 1.29 is 17.9 Å². The Balaban J connectivity index is 2.37. The Labute approximate surface area is 75.6 Å². The van der Waals surface area contributed by atoms with E-state index in [9.17, 15) is 13.2 Å². The first-order valence-corrected chi connectivity index (χ1v) is 4.36. The third-order valence-corrected chi connectivity index (χ3v) is 2.16. The molecule has 0 heterocycles. The van der Waals surface area contributed by atoms with Crippen molar-refractivity contribution in [3.8, 4) is 0 Å². The molecular formula is C9H13F3O. The standard InChI is InChI=1S/C9H13F3O/c1-2-7-4-3-5-8(7)13-6-9(10,11)12/h2,8H,3-6H2,1H3. The Morgan fingerprint density at radius 1 is 1.54 bits per heavy atom. The summed E-state index contributed by atoms with van der Waals surface area (Å²) in [6.45, 7) is 0.708. The Hall–Kier alpha value is -0.510. The monoisotopic (exact) mass is 194 g/mol. The van der Waals surface area contributed by atoms with Crippen LogP contribution in [0.15, 0.2) is 11.6 Å². The third kappa shape index (κ3) is 3.38. The van der Waals surface area contributed by atoms with Crippen LogP contribution in [-0.2, 0) is 4.74 Å².